The van der Waals surface area contributed by atoms with Gasteiger partial charge in [-0.1, -0.05) is 55.0 Å². The quantitative estimate of drug-likeness (QED) is 0.748. The van der Waals surface area contributed by atoms with Crippen LogP contribution in [0.5, 0.6) is 5.88 Å². The lowest BCUT2D eigenvalue weighted by Crippen LogP contribution is -2.37. The van der Waals surface area contributed by atoms with E-state index < -0.39 is 0 Å². The first-order valence-corrected chi connectivity index (χ1v) is 10.3. The molecule has 4 rings (SSSR count). The maximum Gasteiger partial charge on any atom is 0.230 e. The summed E-state index contributed by atoms with van der Waals surface area (Å²) in [6, 6.07) is 8.68. The molecule has 1 aliphatic rings. The van der Waals surface area contributed by atoms with Crippen LogP contribution in [0.4, 0.5) is 0 Å². The topological polar surface area (TPSA) is 53.7 Å². The number of hydrogen-bond acceptors (Lipinski definition) is 5. The Morgan fingerprint density at radius 3 is 2.92 bits per heavy atom. The van der Waals surface area contributed by atoms with Gasteiger partial charge in [-0.25, -0.2) is 4.98 Å². The van der Waals surface area contributed by atoms with Crippen LogP contribution in [0.2, 0.25) is 0 Å². The average Bonchev–Trinajstić information content (AvgIpc) is 3.15. The monoisotopic (exact) mass is 370 g/mol. The van der Waals surface area contributed by atoms with Crippen molar-refractivity contribution in [3.05, 3.63) is 46.1 Å². The molecule has 3 aromatic rings. The van der Waals surface area contributed by atoms with Crippen LogP contribution >= 0.6 is 11.3 Å². The summed E-state index contributed by atoms with van der Waals surface area (Å²) in [5, 5.41) is 15.4. The number of aromatic nitrogens is 3. The molecule has 0 amide bonds. The van der Waals surface area contributed by atoms with E-state index in [0.29, 0.717) is 5.92 Å². The Morgan fingerprint density at radius 1 is 1.38 bits per heavy atom. The van der Waals surface area contributed by atoms with Crippen LogP contribution in [-0.4, -0.2) is 37.7 Å². The minimum absolute atomic E-state index is 0.0521. The number of thiazole rings is 1. The van der Waals surface area contributed by atoms with Gasteiger partial charge in [0.15, 0.2) is 5.82 Å². The molecule has 0 aliphatic carbocycles. The molecule has 5 nitrogen and oxygen atoms in total. The molecule has 0 radical (unpaired) electrons. The molecular formula is C20H26N4OS. The maximum atomic E-state index is 10.9. The molecule has 6 heteroatoms. The largest absolute Gasteiger partial charge is 0.492 e. The number of aromatic hydroxyl groups is 1. The van der Waals surface area contributed by atoms with E-state index in [1.165, 1.54) is 24.0 Å². The summed E-state index contributed by atoms with van der Waals surface area (Å²) in [6.45, 7) is 8.56. The molecule has 0 saturated carbocycles. The number of piperidine rings is 1. The summed E-state index contributed by atoms with van der Waals surface area (Å²) in [6.07, 6.45) is 3.25. The number of rotatable bonds is 4. The minimum Gasteiger partial charge on any atom is -0.492 e. The second kappa shape index (κ2) is 7.00. The minimum atomic E-state index is 0.0521. The Kier molecular flexibility index (Phi) is 4.71. The fourth-order valence-electron chi connectivity index (χ4n) is 3.95. The molecule has 0 spiro atoms. The highest BCUT2D eigenvalue weighted by Crippen LogP contribution is 2.41. The first kappa shape index (κ1) is 17.5. The third-order valence-corrected chi connectivity index (χ3v) is 6.29. The third-order valence-electron chi connectivity index (χ3n) is 5.22. The zero-order chi connectivity index (χ0) is 18.3. The van der Waals surface area contributed by atoms with Crippen molar-refractivity contribution >= 4 is 16.3 Å². The van der Waals surface area contributed by atoms with Crippen LogP contribution in [0.25, 0.3) is 4.96 Å². The van der Waals surface area contributed by atoms with E-state index in [1.54, 1.807) is 15.9 Å². The first-order valence-electron chi connectivity index (χ1n) is 9.44. The summed E-state index contributed by atoms with van der Waals surface area (Å²) >= 11 is 1.56. The van der Waals surface area contributed by atoms with Crippen molar-refractivity contribution in [3.8, 4) is 5.88 Å². The van der Waals surface area contributed by atoms with Gasteiger partial charge >= 0.3 is 0 Å². The van der Waals surface area contributed by atoms with Crippen molar-refractivity contribution in [2.45, 2.75) is 46.1 Å². The SMILES string of the molecule is CCc1nc2sc([C@H](c3cccc(C)c3)N3CCC[C@@H](C)C3)c(O)n2n1. The van der Waals surface area contributed by atoms with Gasteiger partial charge in [-0.2, -0.15) is 4.52 Å². The highest BCUT2D eigenvalue weighted by atomic mass is 32.1. The molecular weight excluding hydrogens is 344 g/mol. The van der Waals surface area contributed by atoms with Crippen LogP contribution in [0.1, 0.15) is 54.6 Å². The van der Waals surface area contributed by atoms with Gasteiger partial charge in [0.05, 0.1) is 10.9 Å². The lowest BCUT2D eigenvalue weighted by molar-refractivity contribution is 0.149. The maximum absolute atomic E-state index is 10.9. The summed E-state index contributed by atoms with van der Waals surface area (Å²) in [7, 11) is 0. The number of likely N-dealkylation sites (tertiary alicyclic amines) is 1. The zero-order valence-corrected chi connectivity index (χ0v) is 16.5. The first-order chi connectivity index (χ1) is 12.6. The molecule has 1 aromatic carbocycles. The van der Waals surface area contributed by atoms with E-state index in [1.807, 2.05) is 6.92 Å². The summed E-state index contributed by atoms with van der Waals surface area (Å²) < 4.78 is 1.61. The number of aryl methyl sites for hydroxylation is 2. The Bertz CT molecular complexity index is 916. The van der Waals surface area contributed by atoms with E-state index in [2.05, 4.69) is 53.1 Å². The van der Waals surface area contributed by atoms with Gasteiger partial charge in [0, 0.05) is 13.0 Å². The summed E-state index contributed by atoms with van der Waals surface area (Å²) in [5.41, 5.74) is 2.47. The second-order valence-electron chi connectivity index (χ2n) is 7.42. The molecule has 1 saturated heterocycles. The van der Waals surface area contributed by atoms with Crippen molar-refractivity contribution in [1.29, 1.82) is 0 Å². The lowest BCUT2D eigenvalue weighted by Gasteiger charge is -2.37. The molecule has 2 atom stereocenters. The smallest absolute Gasteiger partial charge is 0.230 e. The van der Waals surface area contributed by atoms with Gasteiger partial charge in [-0.3, -0.25) is 4.90 Å². The van der Waals surface area contributed by atoms with Crippen molar-refractivity contribution in [2.24, 2.45) is 5.92 Å². The van der Waals surface area contributed by atoms with Gasteiger partial charge < -0.3 is 5.11 Å². The number of hydrogen-bond donors (Lipinski definition) is 1. The fourth-order valence-corrected chi connectivity index (χ4v) is 5.08. The normalized spacial score (nSPS) is 19.9. The van der Waals surface area contributed by atoms with Gasteiger partial charge in [0.2, 0.25) is 10.8 Å². The third kappa shape index (κ3) is 3.12. The molecule has 26 heavy (non-hydrogen) atoms. The fraction of sp³-hybridized carbons (Fsp3) is 0.500. The van der Waals surface area contributed by atoms with Gasteiger partial charge in [0.25, 0.3) is 0 Å². The van der Waals surface area contributed by atoms with Crippen molar-refractivity contribution < 1.29 is 5.11 Å². The number of nitrogens with zero attached hydrogens (tertiary/aromatic N) is 4. The van der Waals surface area contributed by atoms with Gasteiger partial charge in [-0.15, -0.1) is 5.10 Å². The van der Waals surface area contributed by atoms with E-state index in [4.69, 9.17) is 0 Å². The predicted molar refractivity (Wildman–Crippen MR) is 105 cm³/mol. The molecule has 0 bridgehead atoms. The Balaban J connectivity index is 1.82. The van der Waals surface area contributed by atoms with Gasteiger partial charge in [-0.05, 0) is 37.8 Å². The Morgan fingerprint density at radius 2 is 2.23 bits per heavy atom. The van der Waals surface area contributed by atoms with E-state index in [0.717, 1.165) is 35.2 Å². The lowest BCUT2D eigenvalue weighted by atomic mass is 9.95. The van der Waals surface area contributed by atoms with E-state index in [-0.39, 0.29) is 11.9 Å². The standard InChI is InChI=1S/C20H26N4OS/c1-4-16-21-20-24(22-16)19(25)18(26-20)17(15-9-5-7-13(2)11-15)23-10-6-8-14(3)12-23/h5,7,9,11,14,17,25H,4,6,8,10,12H2,1-3H3/t14-,17+/m1/s1. The summed E-state index contributed by atoms with van der Waals surface area (Å²) in [4.78, 5) is 8.79. The van der Waals surface area contributed by atoms with Gasteiger partial charge in [0.1, 0.15) is 0 Å². The summed E-state index contributed by atoms with van der Waals surface area (Å²) in [5.74, 6) is 1.69. The van der Waals surface area contributed by atoms with Crippen LogP contribution in [-0.2, 0) is 6.42 Å². The van der Waals surface area contributed by atoms with Crippen molar-refractivity contribution in [2.75, 3.05) is 13.1 Å². The Hall–Kier alpha value is -1.92. The van der Waals surface area contributed by atoms with E-state index >= 15 is 0 Å². The molecule has 3 heterocycles. The van der Waals surface area contributed by atoms with Crippen molar-refractivity contribution in [1.82, 2.24) is 19.5 Å². The van der Waals surface area contributed by atoms with Crippen LogP contribution in [0.3, 0.4) is 0 Å². The number of benzene rings is 1. The van der Waals surface area contributed by atoms with Crippen molar-refractivity contribution in [3.63, 3.8) is 0 Å². The van der Waals surface area contributed by atoms with Crippen LogP contribution in [0, 0.1) is 12.8 Å². The average molecular weight is 371 g/mol. The van der Waals surface area contributed by atoms with E-state index in [9.17, 15) is 5.11 Å². The molecule has 0 unspecified atom stereocenters. The molecule has 2 aromatic heterocycles. The predicted octanol–water partition coefficient (Wildman–Crippen LogP) is 4.19. The zero-order valence-electron chi connectivity index (χ0n) is 15.6. The molecule has 1 fully saturated rings. The van der Waals surface area contributed by atoms with Crippen LogP contribution in [0.15, 0.2) is 24.3 Å². The highest BCUT2D eigenvalue weighted by molar-refractivity contribution is 7.17. The van der Waals surface area contributed by atoms with Crippen LogP contribution < -0.4 is 0 Å². The highest BCUT2D eigenvalue weighted by Gasteiger charge is 2.31. The molecule has 1 N–H and O–H groups in total. The molecule has 1 aliphatic heterocycles. The second-order valence-corrected chi connectivity index (χ2v) is 8.43. The molecule has 138 valence electrons. The number of fused-ring (bicyclic) bond motifs is 1. The Labute approximate surface area is 158 Å².